The summed E-state index contributed by atoms with van der Waals surface area (Å²) >= 11 is 5.89. The first kappa shape index (κ1) is 12.7. The number of hydrogen-bond acceptors (Lipinski definition) is 2. The van der Waals surface area contributed by atoms with Crippen LogP contribution in [0.2, 0.25) is 5.02 Å². The van der Waals surface area contributed by atoms with Crippen LogP contribution in [0, 0.1) is 5.82 Å². The van der Waals surface area contributed by atoms with Crippen molar-refractivity contribution in [1.29, 1.82) is 0 Å². The number of rotatable bonds is 3. The molecular weight excluding hydrogens is 279 g/mol. The minimum Gasteiger partial charge on any atom is -0.454 e. The quantitative estimate of drug-likeness (QED) is 0.711. The molecule has 0 unspecified atom stereocenters. The van der Waals surface area contributed by atoms with Crippen molar-refractivity contribution >= 4 is 11.6 Å². The summed E-state index contributed by atoms with van der Waals surface area (Å²) in [7, 11) is 0. The van der Waals surface area contributed by atoms with E-state index in [1.165, 1.54) is 12.1 Å². The van der Waals surface area contributed by atoms with Crippen molar-refractivity contribution in [2.24, 2.45) is 0 Å². The summed E-state index contributed by atoms with van der Waals surface area (Å²) in [5.41, 5.74) is 0.631. The first-order chi connectivity index (χ1) is 9.70. The second kappa shape index (κ2) is 5.35. The molecule has 20 heavy (non-hydrogen) atoms. The van der Waals surface area contributed by atoms with Crippen molar-refractivity contribution in [1.82, 2.24) is 9.78 Å². The highest BCUT2D eigenvalue weighted by atomic mass is 35.5. The van der Waals surface area contributed by atoms with Gasteiger partial charge >= 0.3 is 0 Å². The van der Waals surface area contributed by atoms with Gasteiger partial charge in [-0.3, -0.25) is 0 Å². The highest BCUT2D eigenvalue weighted by Crippen LogP contribution is 2.24. The van der Waals surface area contributed by atoms with Crippen LogP contribution in [0.1, 0.15) is 0 Å². The van der Waals surface area contributed by atoms with Crippen molar-refractivity contribution in [2.45, 2.75) is 0 Å². The Morgan fingerprint density at radius 3 is 2.70 bits per heavy atom. The van der Waals surface area contributed by atoms with Gasteiger partial charge < -0.3 is 4.74 Å². The molecule has 0 aliphatic heterocycles. The van der Waals surface area contributed by atoms with E-state index in [1.54, 1.807) is 53.5 Å². The van der Waals surface area contributed by atoms with Gasteiger partial charge in [0.05, 0.1) is 18.1 Å². The molecule has 100 valence electrons. The van der Waals surface area contributed by atoms with Crippen LogP contribution in [0.5, 0.6) is 11.5 Å². The van der Waals surface area contributed by atoms with E-state index < -0.39 is 0 Å². The molecule has 1 heterocycles. The summed E-state index contributed by atoms with van der Waals surface area (Å²) in [6.45, 7) is 0. The molecular formula is C15H10ClFN2O. The number of halogens is 2. The summed E-state index contributed by atoms with van der Waals surface area (Å²) in [6.07, 6.45) is 3.24. The van der Waals surface area contributed by atoms with Crippen LogP contribution in [0.25, 0.3) is 5.69 Å². The molecule has 0 aliphatic rings. The molecule has 0 bridgehead atoms. The maximum atomic E-state index is 13.2. The Bertz CT molecular complexity index is 742. The number of hydrogen-bond donors (Lipinski definition) is 0. The SMILES string of the molecule is Fc1cccc(-n2cc(Oc3cccc(Cl)c3)cn2)c1. The molecule has 0 saturated heterocycles. The zero-order chi connectivity index (χ0) is 13.9. The Labute approximate surface area is 120 Å². The van der Waals surface area contributed by atoms with Gasteiger partial charge in [0.1, 0.15) is 11.6 Å². The molecule has 3 aromatic rings. The van der Waals surface area contributed by atoms with Crippen molar-refractivity contribution < 1.29 is 9.13 Å². The van der Waals surface area contributed by atoms with Gasteiger partial charge in [-0.2, -0.15) is 5.10 Å². The average molecular weight is 289 g/mol. The molecule has 0 aliphatic carbocycles. The van der Waals surface area contributed by atoms with E-state index in [0.29, 0.717) is 22.2 Å². The van der Waals surface area contributed by atoms with Crippen LogP contribution < -0.4 is 4.74 Å². The average Bonchev–Trinajstić information content (AvgIpc) is 2.87. The summed E-state index contributed by atoms with van der Waals surface area (Å²) in [6, 6.07) is 13.3. The summed E-state index contributed by atoms with van der Waals surface area (Å²) in [5, 5.41) is 4.74. The lowest BCUT2D eigenvalue weighted by atomic mass is 10.3. The number of ether oxygens (including phenoxy) is 1. The van der Waals surface area contributed by atoms with Crippen LogP contribution in [-0.2, 0) is 0 Å². The van der Waals surface area contributed by atoms with Gasteiger partial charge in [0, 0.05) is 5.02 Å². The van der Waals surface area contributed by atoms with Gasteiger partial charge in [-0.15, -0.1) is 0 Å². The van der Waals surface area contributed by atoms with Gasteiger partial charge in [-0.1, -0.05) is 23.7 Å². The zero-order valence-corrected chi connectivity index (χ0v) is 11.1. The fourth-order valence-electron chi connectivity index (χ4n) is 1.79. The third-order valence-corrected chi connectivity index (χ3v) is 2.90. The normalized spacial score (nSPS) is 10.5. The van der Waals surface area contributed by atoms with Gasteiger partial charge in [0.15, 0.2) is 5.75 Å². The van der Waals surface area contributed by atoms with Gasteiger partial charge in [-0.25, -0.2) is 9.07 Å². The third-order valence-electron chi connectivity index (χ3n) is 2.66. The Kier molecular flexibility index (Phi) is 3.39. The second-order valence-corrected chi connectivity index (χ2v) is 4.60. The standard InChI is InChI=1S/C15H10ClFN2O/c16-11-3-1-6-14(7-11)20-15-9-18-19(10-15)13-5-2-4-12(17)8-13/h1-10H. The van der Waals surface area contributed by atoms with E-state index in [-0.39, 0.29) is 5.82 Å². The summed E-state index contributed by atoms with van der Waals surface area (Å²) in [5.74, 6) is 0.864. The molecule has 0 N–H and O–H groups in total. The Balaban J connectivity index is 1.84. The van der Waals surface area contributed by atoms with Crippen LogP contribution in [-0.4, -0.2) is 9.78 Å². The molecule has 0 atom stereocenters. The first-order valence-electron chi connectivity index (χ1n) is 5.95. The van der Waals surface area contributed by atoms with E-state index in [4.69, 9.17) is 16.3 Å². The lowest BCUT2D eigenvalue weighted by molar-refractivity contribution is 0.482. The maximum Gasteiger partial charge on any atom is 0.165 e. The van der Waals surface area contributed by atoms with Gasteiger partial charge in [0.2, 0.25) is 0 Å². The summed E-state index contributed by atoms with van der Waals surface area (Å²) < 4.78 is 20.3. The predicted molar refractivity (Wildman–Crippen MR) is 75.0 cm³/mol. The molecule has 0 radical (unpaired) electrons. The molecule has 0 spiro atoms. The molecule has 0 saturated carbocycles. The number of benzene rings is 2. The van der Waals surface area contributed by atoms with E-state index in [9.17, 15) is 4.39 Å². The zero-order valence-electron chi connectivity index (χ0n) is 10.3. The Morgan fingerprint density at radius 2 is 1.90 bits per heavy atom. The molecule has 2 aromatic carbocycles. The molecule has 5 heteroatoms. The van der Waals surface area contributed by atoms with E-state index in [0.717, 1.165) is 0 Å². The third kappa shape index (κ3) is 2.81. The smallest absolute Gasteiger partial charge is 0.165 e. The minimum absolute atomic E-state index is 0.310. The topological polar surface area (TPSA) is 27.1 Å². The lowest BCUT2D eigenvalue weighted by Gasteiger charge is -2.03. The van der Waals surface area contributed by atoms with Crippen molar-refractivity contribution in [3.63, 3.8) is 0 Å². The summed E-state index contributed by atoms with van der Waals surface area (Å²) in [4.78, 5) is 0. The highest BCUT2D eigenvalue weighted by Gasteiger charge is 2.04. The minimum atomic E-state index is -0.310. The van der Waals surface area contributed by atoms with Gasteiger partial charge in [-0.05, 0) is 36.4 Å². The van der Waals surface area contributed by atoms with E-state index >= 15 is 0 Å². The monoisotopic (exact) mass is 288 g/mol. The van der Waals surface area contributed by atoms with Gasteiger partial charge in [0.25, 0.3) is 0 Å². The molecule has 3 nitrogen and oxygen atoms in total. The van der Waals surface area contributed by atoms with Crippen molar-refractivity contribution in [2.75, 3.05) is 0 Å². The fourth-order valence-corrected chi connectivity index (χ4v) is 1.97. The van der Waals surface area contributed by atoms with Crippen LogP contribution in [0.4, 0.5) is 4.39 Å². The largest absolute Gasteiger partial charge is 0.454 e. The molecule has 1 aromatic heterocycles. The van der Waals surface area contributed by atoms with Crippen molar-refractivity contribution in [3.05, 3.63) is 71.8 Å². The van der Waals surface area contributed by atoms with Crippen LogP contribution in [0.15, 0.2) is 60.9 Å². The van der Waals surface area contributed by atoms with E-state index in [2.05, 4.69) is 5.10 Å². The highest BCUT2D eigenvalue weighted by molar-refractivity contribution is 6.30. The molecule has 0 amide bonds. The first-order valence-corrected chi connectivity index (χ1v) is 6.32. The van der Waals surface area contributed by atoms with E-state index in [1.807, 2.05) is 0 Å². The maximum absolute atomic E-state index is 13.2. The molecule has 3 rings (SSSR count). The van der Waals surface area contributed by atoms with Crippen molar-refractivity contribution in [3.8, 4) is 17.2 Å². The lowest BCUT2D eigenvalue weighted by Crippen LogP contribution is -1.94. The Morgan fingerprint density at radius 1 is 1.05 bits per heavy atom. The molecule has 0 fully saturated rings. The number of aromatic nitrogens is 2. The van der Waals surface area contributed by atoms with Crippen LogP contribution >= 0.6 is 11.6 Å². The second-order valence-electron chi connectivity index (χ2n) is 4.16. The predicted octanol–water partition coefficient (Wildman–Crippen LogP) is 4.46. The Hall–Kier alpha value is -2.33. The fraction of sp³-hybridized carbons (Fsp3) is 0. The van der Waals surface area contributed by atoms with Crippen LogP contribution in [0.3, 0.4) is 0 Å². The number of nitrogens with zero attached hydrogens (tertiary/aromatic N) is 2.